The zero-order valence-electron chi connectivity index (χ0n) is 14.0. The van der Waals surface area contributed by atoms with E-state index >= 15 is 0 Å². The third kappa shape index (κ3) is 2.68. The molecule has 0 saturated heterocycles. The molecule has 0 bridgehead atoms. The van der Waals surface area contributed by atoms with E-state index in [1.54, 1.807) is 12.1 Å². The van der Waals surface area contributed by atoms with Crippen molar-refractivity contribution in [2.45, 2.75) is 18.4 Å². The van der Waals surface area contributed by atoms with Crippen LogP contribution in [0.4, 0.5) is 11.4 Å². The lowest BCUT2D eigenvalue weighted by atomic mass is 9.77. The minimum atomic E-state index is -0.333. The number of nitrogens with zero attached hydrogens (tertiary/aromatic N) is 2. The lowest BCUT2D eigenvalue weighted by Crippen LogP contribution is -2.29. The number of benzene rings is 2. The maximum absolute atomic E-state index is 11.5. The van der Waals surface area contributed by atoms with Crippen LogP contribution in [0.1, 0.15) is 29.5 Å². The van der Waals surface area contributed by atoms with E-state index in [1.165, 1.54) is 0 Å². The van der Waals surface area contributed by atoms with Crippen LogP contribution in [0.3, 0.4) is 0 Å². The maximum atomic E-state index is 11.5. The van der Waals surface area contributed by atoms with Crippen LogP contribution in [0.5, 0.6) is 5.75 Å². The highest BCUT2D eigenvalue weighted by atomic mass is 16.6. The van der Waals surface area contributed by atoms with Crippen LogP contribution in [0.2, 0.25) is 0 Å². The molecule has 6 heteroatoms. The number of allylic oxidation sites excluding steroid dienone is 2. The first-order chi connectivity index (χ1) is 12.7. The molecule has 0 saturated carbocycles. The summed E-state index contributed by atoms with van der Waals surface area (Å²) in [6.07, 6.45) is 5.24. The van der Waals surface area contributed by atoms with Crippen molar-refractivity contribution in [3.63, 3.8) is 0 Å². The predicted molar refractivity (Wildman–Crippen MR) is 97.0 cm³/mol. The van der Waals surface area contributed by atoms with Crippen molar-refractivity contribution in [3.8, 4) is 11.8 Å². The minimum Gasteiger partial charge on any atom is -0.479 e. The first-order valence-corrected chi connectivity index (χ1v) is 8.49. The SMILES string of the molecule is N#CCOc1ccc([C@@H]2Nc3c(cccc3[N+](=O)[O-])[C@H]3C=CC[C@H]32)cc1. The van der Waals surface area contributed by atoms with Crippen molar-refractivity contribution < 1.29 is 9.66 Å². The summed E-state index contributed by atoms with van der Waals surface area (Å²) in [5.74, 6) is 1.12. The number of nitro groups is 1. The number of hydrogen-bond acceptors (Lipinski definition) is 5. The monoisotopic (exact) mass is 347 g/mol. The number of hydrogen-bond donors (Lipinski definition) is 1. The molecule has 0 amide bonds. The van der Waals surface area contributed by atoms with Gasteiger partial charge in [0.1, 0.15) is 17.5 Å². The summed E-state index contributed by atoms with van der Waals surface area (Å²) >= 11 is 0. The van der Waals surface area contributed by atoms with Gasteiger partial charge in [0.2, 0.25) is 0 Å². The highest BCUT2D eigenvalue weighted by Crippen LogP contribution is 2.52. The fourth-order valence-corrected chi connectivity index (χ4v) is 3.97. The zero-order valence-corrected chi connectivity index (χ0v) is 14.0. The van der Waals surface area contributed by atoms with Crippen LogP contribution in [-0.4, -0.2) is 11.5 Å². The van der Waals surface area contributed by atoms with E-state index in [-0.39, 0.29) is 29.2 Å². The van der Waals surface area contributed by atoms with Gasteiger partial charge in [0.25, 0.3) is 5.69 Å². The van der Waals surface area contributed by atoms with Gasteiger partial charge in [-0.25, -0.2) is 0 Å². The Hall–Kier alpha value is -3.33. The number of anilines is 1. The predicted octanol–water partition coefficient (Wildman–Crippen LogP) is 4.32. The second-order valence-corrected chi connectivity index (χ2v) is 6.49. The number of nitriles is 1. The number of rotatable bonds is 4. The summed E-state index contributed by atoms with van der Waals surface area (Å²) in [4.78, 5) is 11.1. The van der Waals surface area contributed by atoms with Crippen molar-refractivity contribution in [3.05, 3.63) is 75.9 Å². The number of para-hydroxylation sites is 1. The fraction of sp³-hybridized carbons (Fsp3) is 0.250. The molecule has 1 heterocycles. The Labute approximate surface area is 150 Å². The fourth-order valence-electron chi connectivity index (χ4n) is 3.97. The molecule has 6 nitrogen and oxygen atoms in total. The van der Waals surface area contributed by atoms with Gasteiger partial charge < -0.3 is 10.1 Å². The average Bonchev–Trinajstić information content (AvgIpc) is 3.15. The highest BCUT2D eigenvalue weighted by molar-refractivity contribution is 5.71. The van der Waals surface area contributed by atoms with Gasteiger partial charge >= 0.3 is 0 Å². The Balaban J connectivity index is 1.70. The molecule has 1 N–H and O–H groups in total. The van der Waals surface area contributed by atoms with E-state index in [2.05, 4.69) is 17.5 Å². The van der Waals surface area contributed by atoms with E-state index < -0.39 is 0 Å². The Morgan fingerprint density at radius 2 is 2.08 bits per heavy atom. The first kappa shape index (κ1) is 16.2. The number of nitrogens with one attached hydrogen (secondary N) is 1. The summed E-state index contributed by atoms with van der Waals surface area (Å²) in [5, 5.41) is 23.5. The lowest BCUT2D eigenvalue weighted by Gasteiger charge is -2.37. The third-order valence-electron chi connectivity index (χ3n) is 5.11. The molecule has 130 valence electrons. The Morgan fingerprint density at radius 1 is 1.27 bits per heavy atom. The van der Waals surface area contributed by atoms with Gasteiger partial charge in [-0.2, -0.15) is 5.26 Å². The molecule has 0 fully saturated rings. The lowest BCUT2D eigenvalue weighted by molar-refractivity contribution is -0.384. The standard InChI is InChI=1S/C20H17N3O3/c21-11-12-26-14-9-7-13(8-10-14)19-16-4-1-3-15(16)17-5-2-6-18(23(24)25)20(17)22-19/h1-3,5-10,15-16,19,22H,4,12H2/t15-,16+,19-/m0/s1. The van der Waals surface area contributed by atoms with Gasteiger partial charge in [-0.3, -0.25) is 10.1 Å². The molecule has 0 spiro atoms. The zero-order chi connectivity index (χ0) is 18.1. The molecule has 0 aromatic heterocycles. The van der Waals surface area contributed by atoms with Gasteiger partial charge in [0.15, 0.2) is 6.61 Å². The normalized spacial score (nSPS) is 22.7. The van der Waals surface area contributed by atoms with Crippen molar-refractivity contribution in [2.24, 2.45) is 5.92 Å². The van der Waals surface area contributed by atoms with Crippen LogP contribution in [0.25, 0.3) is 0 Å². The van der Waals surface area contributed by atoms with Gasteiger partial charge in [-0.1, -0.05) is 36.4 Å². The number of nitro benzene ring substituents is 1. The molecule has 0 unspecified atom stereocenters. The second kappa shape index (κ2) is 6.52. The van der Waals surface area contributed by atoms with Gasteiger partial charge in [0, 0.05) is 12.0 Å². The molecule has 2 aromatic rings. The van der Waals surface area contributed by atoms with Gasteiger partial charge in [-0.15, -0.1) is 0 Å². The van der Waals surface area contributed by atoms with E-state index in [0.717, 1.165) is 17.5 Å². The largest absolute Gasteiger partial charge is 0.479 e. The summed E-state index contributed by atoms with van der Waals surface area (Å²) < 4.78 is 5.31. The molecule has 1 aliphatic heterocycles. The van der Waals surface area contributed by atoms with Crippen molar-refractivity contribution in [2.75, 3.05) is 11.9 Å². The van der Waals surface area contributed by atoms with Crippen LogP contribution in [0.15, 0.2) is 54.6 Å². The number of fused-ring (bicyclic) bond motifs is 3. The highest BCUT2D eigenvalue weighted by Gasteiger charge is 2.40. The second-order valence-electron chi connectivity index (χ2n) is 6.49. The topological polar surface area (TPSA) is 88.2 Å². The molecular weight excluding hydrogens is 330 g/mol. The molecule has 2 aromatic carbocycles. The van der Waals surface area contributed by atoms with Gasteiger partial charge in [0.05, 0.1) is 11.0 Å². The Kier molecular flexibility index (Phi) is 4.05. The van der Waals surface area contributed by atoms with E-state index in [4.69, 9.17) is 10.00 Å². The summed E-state index contributed by atoms with van der Waals surface area (Å²) in [6.45, 7) is 0.00914. The Morgan fingerprint density at radius 3 is 2.81 bits per heavy atom. The molecule has 1 aliphatic carbocycles. The van der Waals surface area contributed by atoms with Gasteiger partial charge in [-0.05, 0) is 35.6 Å². The summed E-state index contributed by atoms with van der Waals surface area (Å²) in [5.41, 5.74) is 2.76. The average molecular weight is 347 g/mol. The summed E-state index contributed by atoms with van der Waals surface area (Å²) in [6, 6.07) is 14.8. The van der Waals surface area contributed by atoms with Crippen molar-refractivity contribution in [1.82, 2.24) is 0 Å². The molecular formula is C20H17N3O3. The smallest absolute Gasteiger partial charge is 0.292 e. The van der Waals surface area contributed by atoms with Crippen LogP contribution in [0, 0.1) is 27.4 Å². The molecule has 4 rings (SSSR count). The van der Waals surface area contributed by atoms with Crippen LogP contribution < -0.4 is 10.1 Å². The first-order valence-electron chi connectivity index (χ1n) is 8.49. The van der Waals surface area contributed by atoms with Crippen molar-refractivity contribution in [1.29, 1.82) is 5.26 Å². The maximum Gasteiger partial charge on any atom is 0.292 e. The van der Waals surface area contributed by atoms with E-state index in [0.29, 0.717) is 17.4 Å². The van der Waals surface area contributed by atoms with E-state index in [9.17, 15) is 10.1 Å². The summed E-state index contributed by atoms with van der Waals surface area (Å²) in [7, 11) is 0. The molecule has 3 atom stereocenters. The van der Waals surface area contributed by atoms with E-state index in [1.807, 2.05) is 36.4 Å². The molecule has 2 aliphatic rings. The molecule has 0 radical (unpaired) electrons. The Bertz CT molecular complexity index is 915. The number of ether oxygens (including phenoxy) is 1. The van der Waals surface area contributed by atoms with Crippen LogP contribution >= 0.6 is 0 Å². The quantitative estimate of drug-likeness (QED) is 0.505. The van der Waals surface area contributed by atoms with Crippen molar-refractivity contribution >= 4 is 11.4 Å². The third-order valence-corrected chi connectivity index (χ3v) is 5.11. The minimum absolute atomic E-state index is 0.00914. The van der Waals surface area contributed by atoms with Crippen LogP contribution in [-0.2, 0) is 0 Å². The molecule has 26 heavy (non-hydrogen) atoms.